The zero-order valence-electron chi connectivity index (χ0n) is 45.8. The Labute approximate surface area is 507 Å². The standard InChI is InChI=1S/C51H67N13O16S5/c1-29(67)55-40-27-83-84-28-41(48(75)58-35-21-31(15-16-42(35)80-2)62-85(78,79)33-12-7-4-8-13-33)56-37(22-43(68)69)46(73)59-39(26-82)47(74)57-34(14-9-17-54-51(52)53)49(76)63(18-19-65)60-38(23-44(70)71)50(77)64(32(24-66)25-81)61-36(45(40)72)20-30-10-5-3-6-11-30/h3-8,10-13,15-16,19,21,24,32,34,36-41,56,60-62,81-82H,9,14,17-18,20,22-23,25-28H2,1-2H3,(H,55,67)(H,57,74)(H,58,75)(H,59,73)(H,68,69)(H,70,71)(H4,52,53,54)/t32-,34+,36+,37+,38+,39+,40?,41?/m1/s1. The number of guanidine groups is 1. The number of carboxylic acid groups (broad SMARTS) is 2. The van der Waals surface area contributed by atoms with Crippen molar-refractivity contribution in [2.24, 2.45) is 16.5 Å². The van der Waals surface area contributed by atoms with Crippen LogP contribution in [-0.4, -0.2) is 192 Å². The van der Waals surface area contributed by atoms with Crippen molar-refractivity contribution in [3.63, 3.8) is 0 Å². The van der Waals surface area contributed by atoms with Gasteiger partial charge in [0.05, 0.1) is 66.9 Å². The Bertz CT molecular complexity index is 2990. The monoisotopic (exact) mass is 1280 g/mol. The molecule has 2 unspecified atom stereocenters. The summed E-state index contributed by atoms with van der Waals surface area (Å²) >= 11 is 8.49. The highest BCUT2D eigenvalue weighted by Crippen LogP contribution is 2.31. The molecule has 0 saturated carbocycles. The molecular formula is C51H67N13O16S5. The van der Waals surface area contributed by atoms with Crippen molar-refractivity contribution < 1.29 is 76.1 Å². The van der Waals surface area contributed by atoms with Gasteiger partial charge in [0.25, 0.3) is 21.8 Å². The number of nitrogens with one attached hydrogen (secondary N) is 8. The maximum absolute atomic E-state index is 15.0. The van der Waals surface area contributed by atoms with Gasteiger partial charge in [0, 0.05) is 36.5 Å². The van der Waals surface area contributed by atoms with Gasteiger partial charge in [-0.1, -0.05) is 70.1 Å². The molecule has 3 aromatic carbocycles. The van der Waals surface area contributed by atoms with E-state index < -0.39 is 142 Å². The largest absolute Gasteiger partial charge is 0.495 e. The summed E-state index contributed by atoms with van der Waals surface area (Å²) in [4.78, 5) is 154. The fourth-order valence-corrected chi connectivity index (χ4v) is 12.0. The summed E-state index contributed by atoms with van der Waals surface area (Å²) < 4.78 is 34.5. The van der Waals surface area contributed by atoms with Crippen LogP contribution in [0.2, 0.25) is 0 Å². The third-order valence-corrected chi connectivity index (χ3v) is 16.7. The molecule has 0 bridgehead atoms. The predicted octanol–water partition coefficient (Wildman–Crippen LogP) is -1.53. The summed E-state index contributed by atoms with van der Waals surface area (Å²) in [7, 11) is -1.09. The van der Waals surface area contributed by atoms with Crippen LogP contribution >= 0.6 is 46.8 Å². The fraction of sp³-hybridized carbons (Fsp3) is 0.412. The van der Waals surface area contributed by atoms with Crippen molar-refractivity contribution in [1.29, 1.82) is 0 Å². The van der Waals surface area contributed by atoms with Gasteiger partial charge in [0.1, 0.15) is 42.5 Å². The minimum atomic E-state index is -4.16. The summed E-state index contributed by atoms with van der Waals surface area (Å²) in [5.74, 6) is -12.3. The number of aldehydes is 2. The average Bonchev–Trinajstić information content (AvgIpc) is 3.60. The van der Waals surface area contributed by atoms with Crippen LogP contribution < -0.4 is 58.4 Å². The number of hydrazine groups is 2. The average molecular weight is 1280 g/mol. The molecular weight excluding hydrogens is 1210 g/mol. The van der Waals surface area contributed by atoms with Gasteiger partial charge in [0.15, 0.2) is 11.7 Å². The molecule has 0 spiro atoms. The quantitative estimate of drug-likeness (QED) is 0.0128. The normalized spacial score (nSPS) is 21.2. The number of Topliss-reactive ketones (excluding diaryl/α,β-unsaturated/α-hetero) is 1. The zero-order valence-corrected chi connectivity index (χ0v) is 50.0. The number of nitrogens with zero attached hydrogens (tertiary/aromatic N) is 3. The van der Waals surface area contributed by atoms with Crippen LogP contribution in [0.15, 0.2) is 88.8 Å². The minimum Gasteiger partial charge on any atom is -0.495 e. The molecule has 29 nitrogen and oxygen atoms in total. The van der Waals surface area contributed by atoms with Crippen LogP contribution in [-0.2, 0) is 69.2 Å². The summed E-state index contributed by atoms with van der Waals surface area (Å²) in [5.41, 5.74) is 16.6. The Balaban J connectivity index is 1.92. The number of carbonyl (C=O) groups is 11. The number of amides is 6. The highest BCUT2D eigenvalue weighted by molar-refractivity contribution is 8.76. The maximum Gasteiger partial charge on any atom is 0.305 e. The van der Waals surface area contributed by atoms with E-state index in [0.29, 0.717) is 15.6 Å². The first-order chi connectivity index (χ1) is 40.4. The number of aliphatic carboxylic acids is 2. The van der Waals surface area contributed by atoms with Crippen molar-refractivity contribution in [2.75, 3.05) is 53.2 Å². The van der Waals surface area contributed by atoms with Crippen LogP contribution in [0.5, 0.6) is 5.75 Å². The van der Waals surface area contributed by atoms with E-state index in [4.69, 9.17) is 16.2 Å². The second-order valence-corrected chi connectivity index (χ2v) is 23.5. The van der Waals surface area contributed by atoms with Crippen LogP contribution in [0.4, 0.5) is 11.4 Å². The van der Waals surface area contributed by atoms with E-state index in [9.17, 15) is 71.4 Å². The van der Waals surface area contributed by atoms with Gasteiger partial charge in [-0.05, 0) is 55.2 Å². The number of carbonyl (C=O) groups excluding carboxylic acids is 9. The van der Waals surface area contributed by atoms with Crippen molar-refractivity contribution in [1.82, 2.24) is 42.1 Å². The highest BCUT2D eigenvalue weighted by atomic mass is 33.1. The first-order valence-electron chi connectivity index (χ1n) is 25.7. The number of benzene rings is 3. The molecule has 1 heterocycles. The van der Waals surface area contributed by atoms with E-state index in [1.807, 2.05) is 0 Å². The molecule has 462 valence electrons. The third kappa shape index (κ3) is 22.5. The first-order valence-corrected chi connectivity index (χ1v) is 31.0. The molecule has 34 heteroatoms. The molecule has 3 aromatic rings. The molecule has 0 aromatic heterocycles. The lowest BCUT2D eigenvalue weighted by Crippen LogP contribution is -2.66. The van der Waals surface area contributed by atoms with E-state index in [1.54, 1.807) is 36.4 Å². The maximum atomic E-state index is 15.0. The minimum absolute atomic E-state index is 0.0227. The van der Waals surface area contributed by atoms with Gasteiger partial charge < -0.3 is 57.3 Å². The number of methoxy groups -OCH3 is 1. The number of aliphatic imine (C=N–C) groups is 1. The molecule has 0 radical (unpaired) electrons. The second-order valence-electron chi connectivity index (χ2n) is 18.5. The number of nitrogens with two attached hydrogens (primary N) is 2. The van der Waals surface area contributed by atoms with E-state index >= 15 is 0 Å². The summed E-state index contributed by atoms with van der Waals surface area (Å²) in [6.07, 6.45) is -2.30. The smallest absolute Gasteiger partial charge is 0.305 e. The molecule has 1 aliphatic heterocycles. The first kappa shape index (κ1) is 70.0. The Kier molecular flexibility index (Phi) is 28.9. The van der Waals surface area contributed by atoms with Crippen molar-refractivity contribution >= 4 is 140 Å². The SMILES string of the molecule is COc1ccc(NS(=O)(=O)c2ccccc2)cc1NC(=O)C1CSSCC(NC(C)=O)C(=O)[C@H](Cc2ccccc2)NN([C@H](C=O)CS)C(=O)[C@H](CC(=O)O)NN(CC=O)C(=O)[C@H](CCCN=C(N)N)NC(=O)[C@H](CS)NC(=O)[C@H](CC(=O)O)N1. The van der Waals surface area contributed by atoms with E-state index in [0.717, 1.165) is 28.5 Å². The van der Waals surface area contributed by atoms with E-state index in [1.165, 1.54) is 49.6 Å². The van der Waals surface area contributed by atoms with Gasteiger partial charge in [-0.25, -0.2) is 19.3 Å². The number of hydrogen-bond donors (Lipinski definition) is 14. The van der Waals surface area contributed by atoms with Crippen LogP contribution in [0.3, 0.4) is 0 Å². The van der Waals surface area contributed by atoms with Crippen LogP contribution in [0.1, 0.15) is 38.2 Å². The number of anilines is 2. The van der Waals surface area contributed by atoms with Gasteiger partial charge in [0.2, 0.25) is 23.6 Å². The molecule has 1 aliphatic rings. The molecule has 85 heavy (non-hydrogen) atoms. The lowest BCUT2D eigenvalue weighted by molar-refractivity contribution is -0.152. The molecule has 0 aliphatic carbocycles. The van der Waals surface area contributed by atoms with E-state index in [2.05, 4.69) is 72.4 Å². The van der Waals surface area contributed by atoms with Gasteiger partial charge in [-0.15, -0.1) is 0 Å². The van der Waals surface area contributed by atoms with Crippen LogP contribution in [0.25, 0.3) is 0 Å². The molecule has 14 N–H and O–H groups in total. The number of carboxylic acids is 2. The van der Waals surface area contributed by atoms with Crippen molar-refractivity contribution in [3.8, 4) is 5.75 Å². The Hall–Kier alpha value is -7.47. The summed E-state index contributed by atoms with van der Waals surface area (Å²) in [5, 5.41) is 34.2. The number of thiol groups is 2. The lowest BCUT2D eigenvalue weighted by atomic mass is 9.98. The topological polar surface area (TPSA) is 439 Å². The van der Waals surface area contributed by atoms with Crippen molar-refractivity contribution in [2.45, 2.75) is 92.3 Å². The van der Waals surface area contributed by atoms with Gasteiger partial charge in [-0.3, -0.25) is 68.2 Å². The van der Waals surface area contributed by atoms with Crippen LogP contribution in [0, 0.1) is 0 Å². The molecule has 1 saturated heterocycles. The predicted molar refractivity (Wildman–Crippen MR) is 322 cm³/mol. The molecule has 4 rings (SSSR count). The van der Waals surface area contributed by atoms with E-state index in [-0.39, 0.29) is 77.9 Å². The number of ether oxygens (including phenoxy) is 1. The highest BCUT2D eigenvalue weighted by Gasteiger charge is 2.40. The number of sulfonamides is 1. The Morgan fingerprint density at radius 3 is 2.05 bits per heavy atom. The summed E-state index contributed by atoms with van der Waals surface area (Å²) in [6.45, 7) is 0.0860. The van der Waals surface area contributed by atoms with Gasteiger partial charge in [-0.2, -0.15) is 25.3 Å². The summed E-state index contributed by atoms with van der Waals surface area (Å²) in [6, 6.07) is 6.12. The van der Waals surface area contributed by atoms with Crippen molar-refractivity contribution in [3.05, 3.63) is 84.4 Å². The molecule has 6 amide bonds. The fourth-order valence-electron chi connectivity index (χ4n) is 8.09. The number of hydrogen-bond acceptors (Lipinski definition) is 22. The zero-order chi connectivity index (χ0) is 62.8. The number of ketones is 1. The Morgan fingerprint density at radius 1 is 0.835 bits per heavy atom. The Morgan fingerprint density at radius 2 is 1.46 bits per heavy atom. The second kappa shape index (κ2) is 35.1. The molecule has 1 fully saturated rings. The lowest BCUT2D eigenvalue weighted by Gasteiger charge is -2.37. The number of rotatable bonds is 23. The molecule has 8 atom stereocenters. The van der Waals surface area contributed by atoms with Gasteiger partial charge >= 0.3 is 11.9 Å². The third-order valence-electron chi connectivity index (χ3n) is 12.2.